The number of rotatable bonds is 0. The van der Waals surface area contributed by atoms with Crippen LogP contribution in [0.1, 0.15) is 86.7 Å². The Morgan fingerprint density at radius 3 is 2.65 bits per heavy atom. The Kier molecular flexibility index (Phi) is 8.69. The number of nitrogens with one attached hydrogen (secondary N) is 1. The normalized spacial score (nSPS) is 29.4. The molecule has 2 aliphatic heterocycles. The minimum Gasteiger partial charge on any atom is -0.487 e. The Balaban J connectivity index is 1.53. The standard InChI is InChI=1S/C31H41ClN2O5S/c1-21-7-3-5-15-31(2,36)27-13-10-24(27)19-34-16-6-4-8-22-17-26(32)12-9-25(22)20-39-29-14-11-23(18-28(29)34)30(35)33-40(21,37)38/h9,11-12,14,17-18,21,24,27,36H,3-8,10,13,15-16,19-20H2,1-2H3,(H,33,35)/t21-,24-,27+,31-/m0/s1. The van der Waals surface area contributed by atoms with Gasteiger partial charge in [-0.2, -0.15) is 0 Å². The second kappa shape index (κ2) is 11.9. The number of benzene rings is 2. The highest BCUT2D eigenvalue weighted by Gasteiger charge is 2.44. The Morgan fingerprint density at radius 1 is 1.05 bits per heavy atom. The zero-order valence-corrected chi connectivity index (χ0v) is 25.1. The molecule has 0 spiro atoms. The van der Waals surface area contributed by atoms with Gasteiger partial charge in [-0.15, -0.1) is 0 Å². The molecule has 4 atom stereocenters. The van der Waals surface area contributed by atoms with Gasteiger partial charge >= 0.3 is 0 Å². The van der Waals surface area contributed by atoms with Crippen LogP contribution in [0.25, 0.3) is 0 Å². The average Bonchev–Trinajstić information content (AvgIpc) is 2.91. The lowest BCUT2D eigenvalue weighted by Gasteiger charge is -2.48. The van der Waals surface area contributed by atoms with Gasteiger partial charge in [0.25, 0.3) is 5.91 Å². The molecule has 2 bridgehead atoms. The molecule has 218 valence electrons. The number of amides is 1. The molecule has 1 saturated carbocycles. The first-order valence-corrected chi connectivity index (χ1v) is 16.5. The quantitative estimate of drug-likeness (QED) is 0.400. The van der Waals surface area contributed by atoms with Crippen LogP contribution in [0.2, 0.25) is 5.02 Å². The molecule has 9 heteroatoms. The topological polar surface area (TPSA) is 95.9 Å². The van der Waals surface area contributed by atoms with Crippen molar-refractivity contribution in [2.24, 2.45) is 11.8 Å². The molecule has 1 amide bonds. The smallest absolute Gasteiger partial charge is 0.264 e. The van der Waals surface area contributed by atoms with E-state index in [2.05, 4.69) is 9.62 Å². The number of fused-ring (bicyclic) bond motifs is 3. The lowest BCUT2D eigenvalue weighted by molar-refractivity contribution is -0.0741. The molecule has 0 radical (unpaired) electrons. The van der Waals surface area contributed by atoms with E-state index in [1.54, 1.807) is 25.1 Å². The summed E-state index contributed by atoms with van der Waals surface area (Å²) in [6.45, 7) is 5.45. The number of aryl methyl sites for hydroxylation is 1. The summed E-state index contributed by atoms with van der Waals surface area (Å²) in [5.74, 6) is 0.537. The van der Waals surface area contributed by atoms with Gasteiger partial charge in [0.1, 0.15) is 12.4 Å². The second-order valence-electron chi connectivity index (χ2n) is 12.1. The first kappa shape index (κ1) is 29.2. The van der Waals surface area contributed by atoms with E-state index in [-0.39, 0.29) is 11.5 Å². The van der Waals surface area contributed by atoms with E-state index in [0.717, 1.165) is 62.9 Å². The van der Waals surface area contributed by atoms with Crippen LogP contribution in [0.15, 0.2) is 36.4 Å². The maximum Gasteiger partial charge on any atom is 0.264 e. The molecule has 2 aromatic carbocycles. The number of carbonyl (C=O) groups is 1. The average molecular weight is 589 g/mol. The van der Waals surface area contributed by atoms with Gasteiger partial charge in [-0.25, -0.2) is 13.1 Å². The maximum absolute atomic E-state index is 13.2. The second-order valence-corrected chi connectivity index (χ2v) is 14.7. The van der Waals surface area contributed by atoms with Gasteiger partial charge in [-0.1, -0.05) is 30.5 Å². The summed E-state index contributed by atoms with van der Waals surface area (Å²) < 4.78 is 34.6. The first-order valence-electron chi connectivity index (χ1n) is 14.6. The molecule has 5 rings (SSSR count). The van der Waals surface area contributed by atoms with Crippen molar-refractivity contribution in [1.29, 1.82) is 0 Å². The van der Waals surface area contributed by atoms with Crippen molar-refractivity contribution >= 4 is 33.2 Å². The summed E-state index contributed by atoms with van der Waals surface area (Å²) in [6.07, 6.45) is 7.33. The predicted molar refractivity (Wildman–Crippen MR) is 159 cm³/mol. The fraction of sp³-hybridized carbons (Fsp3) is 0.581. The number of hydrogen-bond donors (Lipinski definition) is 2. The lowest BCUT2D eigenvalue weighted by Crippen LogP contribution is -2.49. The lowest BCUT2D eigenvalue weighted by atomic mass is 9.64. The Morgan fingerprint density at radius 2 is 1.88 bits per heavy atom. The van der Waals surface area contributed by atoms with E-state index in [0.29, 0.717) is 42.6 Å². The van der Waals surface area contributed by atoms with E-state index >= 15 is 0 Å². The van der Waals surface area contributed by atoms with Crippen molar-refractivity contribution in [2.75, 3.05) is 18.0 Å². The predicted octanol–water partition coefficient (Wildman–Crippen LogP) is 5.86. The van der Waals surface area contributed by atoms with Gasteiger partial charge < -0.3 is 14.7 Å². The van der Waals surface area contributed by atoms with E-state index < -0.39 is 26.8 Å². The minimum atomic E-state index is -3.84. The Labute approximate surface area is 243 Å². The summed E-state index contributed by atoms with van der Waals surface area (Å²) in [5, 5.41) is 11.5. The van der Waals surface area contributed by atoms with E-state index in [1.807, 2.05) is 25.1 Å². The highest BCUT2D eigenvalue weighted by molar-refractivity contribution is 7.90. The fourth-order valence-corrected chi connectivity index (χ4v) is 7.76. The van der Waals surface area contributed by atoms with Gasteiger partial charge in [0.15, 0.2) is 0 Å². The zero-order valence-electron chi connectivity index (χ0n) is 23.5. The first-order chi connectivity index (χ1) is 19.0. The monoisotopic (exact) mass is 588 g/mol. The van der Waals surface area contributed by atoms with Crippen molar-refractivity contribution in [1.82, 2.24) is 4.72 Å². The van der Waals surface area contributed by atoms with Gasteiger partial charge in [0.05, 0.1) is 16.5 Å². The summed E-state index contributed by atoms with van der Waals surface area (Å²) in [6, 6.07) is 11.1. The third-order valence-corrected chi connectivity index (χ3v) is 11.2. The molecular weight excluding hydrogens is 548 g/mol. The summed E-state index contributed by atoms with van der Waals surface area (Å²) in [4.78, 5) is 15.5. The number of anilines is 1. The molecular formula is C31H41ClN2O5S. The molecule has 2 N–H and O–H groups in total. The number of sulfonamides is 1. The summed E-state index contributed by atoms with van der Waals surface area (Å²) >= 11 is 6.30. The van der Waals surface area contributed by atoms with Crippen LogP contribution in [0.3, 0.4) is 0 Å². The molecule has 7 nitrogen and oxygen atoms in total. The number of hydrogen-bond acceptors (Lipinski definition) is 6. The van der Waals surface area contributed by atoms with Gasteiger partial charge in [0.2, 0.25) is 10.0 Å². The highest BCUT2D eigenvalue weighted by atomic mass is 35.5. The summed E-state index contributed by atoms with van der Waals surface area (Å²) in [7, 11) is -3.84. The van der Waals surface area contributed by atoms with Crippen molar-refractivity contribution in [3.63, 3.8) is 0 Å². The molecule has 0 unspecified atom stereocenters. The highest BCUT2D eigenvalue weighted by Crippen LogP contribution is 2.45. The largest absolute Gasteiger partial charge is 0.487 e. The van der Waals surface area contributed by atoms with Crippen LogP contribution in [-0.2, 0) is 23.1 Å². The van der Waals surface area contributed by atoms with Crippen LogP contribution in [0.5, 0.6) is 5.75 Å². The van der Waals surface area contributed by atoms with Crippen molar-refractivity contribution in [3.8, 4) is 5.75 Å². The zero-order chi connectivity index (χ0) is 28.5. The molecule has 1 aliphatic carbocycles. The van der Waals surface area contributed by atoms with Crippen LogP contribution in [0.4, 0.5) is 5.69 Å². The Bertz CT molecular complexity index is 1350. The minimum absolute atomic E-state index is 0.182. The number of aliphatic hydroxyl groups is 1. The van der Waals surface area contributed by atoms with Crippen LogP contribution in [-0.4, -0.2) is 43.4 Å². The molecule has 0 aromatic heterocycles. The van der Waals surface area contributed by atoms with Crippen molar-refractivity contribution in [2.45, 2.75) is 89.1 Å². The van der Waals surface area contributed by atoms with Gasteiger partial charge in [-0.05, 0) is 112 Å². The number of nitrogens with zero attached hydrogens (tertiary/aromatic N) is 1. The summed E-state index contributed by atoms with van der Waals surface area (Å²) in [5.41, 5.74) is 2.53. The van der Waals surface area contributed by atoms with Crippen LogP contribution in [0, 0.1) is 11.8 Å². The molecule has 40 heavy (non-hydrogen) atoms. The Hall–Kier alpha value is -2.29. The molecule has 0 saturated heterocycles. The van der Waals surface area contributed by atoms with E-state index in [4.69, 9.17) is 16.3 Å². The van der Waals surface area contributed by atoms with Crippen molar-refractivity contribution in [3.05, 3.63) is 58.1 Å². The maximum atomic E-state index is 13.2. The molecule has 2 aromatic rings. The van der Waals surface area contributed by atoms with Gasteiger partial charge in [-0.3, -0.25) is 4.79 Å². The van der Waals surface area contributed by atoms with Crippen LogP contribution >= 0.6 is 11.6 Å². The van der Waals surface area contributed by atoms with E-state index in [9.17, 15) is 18.3 Å². The molecule has 1 fully saturated rings. The molecule has 3 aliphatic rings. The number of halogens is 1. The van der Waals surface area contributed by atoms with E-state index in [1.165, 1.54) is 5.56 Å². The van der Waals surface area contributed by atoms with Crippen molar-refractivity contribution < 1.29 is 23.1 Å². The SMILES string of the molecule is C[C@H]1CCCC[C@](C)(O)[C@@H]2CC[C@H]2CN2CCCCc3cc(Cl)ccc3COc3ccc(cc32)C(=O)NS1(=O)=O. The third kappa shape index (κ3) is 6.44. The fourth-order valence-electron chi connectivity index (χ4n) is 6.51. The van der Waals surface area contributed by atoms with Gasteiger partial charge in [0, 0.05) is 23.7 Å². The number of ether oxygens (including phenoxy) is 1. The van der Waals surface area contributed by atoms with Crippen LogP contribution < -0.4 is 14.4 Å². The molecule has 2 heterocycles. The number of carbonyl (C=O) groups excluding carboxylic acids is 1. The third-order valence-electron chi connectivity index (χ3n) is 9.22.